The van der Waals surface area contributed by atoms with E-state index >= 15 is 0 Å². The van der Waals surface area contributed by atoms with E-state index in [1.165, 1.54) is 37.4 Å². The van der Waals surface area contributed by atoms with Gasteiger partial charge in [0.15, 0.2) is 0 Å². The highest BCUT2D eigenvalue weighted by Gasteiger charge is 2.33. The van der Waals surface area contributed by atoms with Crippen molar-refractivity contribution in [2.75, 3.05) is 12.8 Å². The molecule has 0 amide bonds. The van der Waals surface area contributed by atoms with Crippen LogP contribution in [0.15, 0.2) is 42.5 Å². The van der Waals surface area contributed by atoms with Gasteiger partial charge in [0.1, 0.15) is 11.5 Å². The maximum absolute atomic E-state index is 12.8. The molecule has 0 unspecified atom stereocenters. The van der Waals surface area contributed by atoms with Gasteiger partial charge in [-0.1, -0.05) is 6.07 Å². The van der Waals surface area contributed by atoms with Gasteiger partial charge in [-0.3, -0.25) is 0 Å². The SMILES string of the molecule is COC(=O)c1cccc(Oc2ccc(N)c(C(F)(F)F)c2)c1. The molecule has 0 saturated carbocycles. The molecular weight excluding hydrogens is 299 g/mol. The molecule has 2 rings (SSSR count). The second-order valence-corrected chi connectivity index (χ2v) is 4.37. The summed E-state index contributed by atoms with van der Waals surface area (Å²) >= 11 is 0. The van der Waals surface area contributed by atoms with E-state index in [0.29, 0.717) is 0 Å². The second-order valence-electron chi connectivity index (χ2n) is 4.37. The van der Waals surface area contributed by atoms with E-state index in [-0.39, 0.29) is 22.7 Å². The summed E-state index contributed by atoms with van der Waals surface area (Å²) < 4.78 is 48.3. The summed E-state index contributed by atoms with van der Waals surface area (Å²) in [5.74, 6) is -0.400. The van der Waals surface area contributed by atoms with Crippen molar-refractivity contribution in [3.8, 4) is 11.5 Å². The highest BCUT2D eigenvalue weighted by atomic mass is 19.4. The largest absolute Gasteiger partial charge is 0.465 e. The van der Waals surface area contributed by atoms with Gasteiger partial charge < -0.3 is 15.2 Å². The van der Waals surface area contributed by atoms with Crippen molar-refractivity contribution in [2.45, 2.75) is 6.18 Å². The molecule has 0 aliphatic heterocycles. The Morgan fingerprint density at radius 1 is 1.09 bits per heavy atom. The lowest BCUT2D eigenvalue weighted by Gasteiger charge is -2.12. The van der Waals surface area contributed by atoms with E-state index in [2.05, 4.69) is 4.74 Å². The first-order valence-corrected chi connectivity index (χ1v) is 6.14. The van der Waals surface area contributed by atoms with Crippen LogP contribution in [-0.4, -0.2) is 13.1 Å². The molecule has 0 aromatic heterocycles. The van der Waals surface area contributed by atoms with E-state index in [4.69, 9.17) is 10.5 Å². The van der Waals surface area contributed by atoms with E-state index in [9.17, 15) is 18.0 Å². The third-order valence-electron chi connectivity index (χ3n) is 2.82. The molecular formula is C15H12F3NO3. The number of carbonyl (C=O) groups excluding carboxylic acids is 1. The van der Waals surface area contributed by atoms with Crippen LogP contribution < -0.4 is 10.5 Å². The smallest absolute Gasteiger partial charge is 0.418 e. The van der Waals surface area contributed by atoms with Gasteiger partial charge in [-0.2, -0.15) is 13.2 Å². The topological polar surface area (TPSA) is 61.5 Å². The van der Waals surface area contributed by atoms with Gasteiger partial charge in [0.2, 0.25) is 0 Å². The summed E-state index contributed by atoms with van der Waals surface area (Å²) in [4.78, 5) is 11.4. The lowest BCUT2D eigenvalue weighted by molar-refractivity contribution is -0.137. The number of halogens is 3. The molecule has 0 saturated heterocycles. The highest BCUT2D eigenvalue weighted by molar-refractivity contribution is 5.89. The summed E-state index contributed by atoms with van der Waals surface area (Å²) in [6, 6.07) is 9.15. The van der Waals surface area contributed by atoms with Gasteiger partial charge in [-0.25, -0.2) is 4.79 Å². The number of nitrogens with two attached hydrogens (primary N) is 1. The number of nitrogen functional groups attached to an aromatic ring is 1. The van der Waals surface area contributed by atoms with Crippen LogP contribution in [0.3, 0.4) is 0 Å². The number of hydrogen-bond acceptors (Lipinski definition) is 4. The zero-order valence-electron chi connectivity index (χ0n) is 11.5. The predicted molar refractivity (Wildman–Crippen MR) is 73.7 cm³/mol. The third-order valence-corrected chi connectivity index (χ3v) is 2.82. The molecule has 116 valence electrons. The van der Waals surface area contributed by atoms with E-state index < -0.39 is 17.7 Å². The number of anilines is 1. The minimum Gasteiger partial charge on any atom is -0.465 e. The number of methoxy groups -OCH3 is 1. The summed E-state index contributed by atoms with van der Waals surface area (Å²) in [5.41, 5.74) is 4.18. The number of alkyl halides is 3. The minimum atomic E-state index is -4.57. The zero-order valence-corrected chi connectivity index (χ0v) is 11.5. The molecule has 0 atom stereocenters. The standard InChI is InChI=1S/C15H12F3NO3/c1-21-14(20)9-3-2-4-10(7-9)22-11-5-6-13(19)12(8-11)15(16,17)18/h2-8H,19H2,1H3. The fraction of sp³-hybridized carbons (Fsp3) is 0.133. The van der Waals surface area contributed by atoms with Crippen molar-refractivity contribution < 1.29 is 27.4 Å². The average Bonchev–Trinajstić information content (AvgIpc) is 2.47. The molecule has 0 bridgehead atoms. The molecule has 0 fully saturated rings. The van der Waals surface area contributed by atoms with Gasteiger partial charge in [0.05, 0.1) is 18.2 Å². The van der Waals surface area contributed by atoms with Crippen molar-refractivity contribution in [3.05, 3.63) is 53.6 Å². The number of benzene rings is 2. The van der Waals surface area contributed by atoms with Gasteiger partial charge in [-0.05, 0) is 36.4 Å². The molecule has 4 nitrogen and oxygen atoms in total. The van der Waals surface area contributed by atoms with Crippen molar-refractivity contribution in [1.29, 1.82) is 0 Å². The molecule has 2 aromatic carbocycles. The fourth-order valence-corrected chi connectivity index (χ4v) is 1.78. The molecule has 2 N–H and O–H groups in total. The maximum Gasteiger partial charge on any atom is 0.418 e. The zero-order chi connectivity index (χ0) is 16.3. The quantitative estimate of drug-likeness (QED) is 0.690. The van der Waals surface area contributed by atoms with Crippen LogP contribution in [0.4, 0.5) is 18.9 Å². The average molecular weight is 311 g/mol. The van der Waals surface area contributed by atoms with E-state index in [1.807, 2.05) is 0 Å². The molecule has 0 heterocycles. The van der Waals surface area contributed by atoms with Crippen molar-refractivity contribution in [1.82, 2.24) is 0 Å². The maximum atomic E-state index is 12.8. The lowest BCUT2D eigenvalue weighted by Crippen LogP contribution is -2.08. The summed E-state index contributed by atoms with van der Waals surface area (Å²) in [6.45, 7) is 0. The van der Waals surface area contributed by atoms with Gasteiger partial charge in [0, 0.05) is 5.69 Å². The molecule has 0 aliphatic rings. The number of esters is 1. The van der Waals surface area contributed by atoms with Crippen LogP contribution in [0, 0.1) is 0 Å². The first-order chi connectivity index (χ1) is 10.3. The van der Waals surface area contributed by atoms with Crippen LogP contribution in [0.5, 0.6) is 11.5 Å². The molecule has 7 heteroatoms. The Bertz CT molecular complexity index is 699. The van der Waals surface area contributed by atoms with Crippen LogP contribution in [0.1, 0.15) is 15.9 Å². The predicted octanol–water partition coefficient (Wildman–Crippen LogP) is 3.87. The fourth-order valence-electron chi connectivity index (χ4n) is 1.78. The second kappa shape index (κ2) is 5.97. The van der Waals surface area contributed by atoms with Crippen molar-refractivity contribution in [3.63, 3.8) is 0 Å². The number of ether oxygens (including phenoxy) is 2. The number of rotatable bonds is 3. The third kappa shape index (κ3) is 3.49. The Morgan fingerprint density at radius 3 is 2.41 bits per heavy atom. The minimum absolute atomic E-state index is 0.0384. The summed E-state index contributed by atoms with van der Waals surface area (Å²) in [6.07, 6.45) is -4.57. The Hall–Kier alpha value is -2.70. The van der Waals surface area contributed by atoms with Crippen LogP contribution in [0.2, 0.25) is 0 Å². The highest BCUT2D eigenvalue weighted by Crippen LogP contribution is 2.36. The molecule has 22 heavy (non-hydrogen) atoms. The van der Waals surface area contributed by atoms with E-state index in [0.717, 1.165) is 12.1 Å². The Kier molecular flexibility index (Phi) is 4.25. The molecule has 2 aromatic rings. The monoisotopic (exact) mass is 311 g/mol. The first-order valence-electron chi connectivity index (χ1n) is 6.14. The first kappa shape index (κ1) is 15.7. The Labute approximate surface area is 124 Å². The van der Waals surface area contributed by atoms with E-state index in [1.54, 1.807) is 0 Å². The van der Waals surface area contributed by atoms with Crippen LogP contribution in [0.25, 0.3) is 0 Å². The van der Waals surface area contributed by atoms with Crippen molar-refractivity contribution >= 4 is 11.7 Å². The summed E-state index contributed by atoms with van der Waals surface area (Å²) in [5, 5.41) is 0. The number of hydrogen-bond donors (Lipinski definition) is 1. The normalized spacial score (nSPS) is 11.1. The molecule has 0 aliphatic carbocycles. The van der Waals surface area contributed by atoms with Gasteiger partial charge in [0.25, 0.3) is 0 Å². The number of carbonyl (C=O) groups is 1. The van der Waals surface area contributed by atoms with Gasteiger partial charge >= 0.3 is 12.1 Å². The molecule has 0 spiro atoms. The Balaban J connectivity index is 2.30. The Morgan fingerprint density at radius 2 is 1.77 bits per heavy atom. The van der Waals surface area contributed by atoms with Crippen molar-refractivity contribution in [2.24, 2.45) is 0 Å². The lowest BCUT2D eigenvalue weighted by atomic mass is 10.1. The molecule has 0 radical (unpaired) electrons. The van der Waals surface area contributed by atoms with Gasteiger partial charge in [-0.15, -0.1) is 0 Å². The summed E-state index contributed by atoms with van der Waals surface area (Å²) in [7, 11) is 1.23. The van der Waals surface area contributed by atoms with Crippen LogP contribution in [-0.2, 0) is 10.9 Å². The van der Waals surface area contributed by atoms with Crippen LogP contribution >= 0.6 is 0 Å².